The molecule has 3 heterocycles. The maximum Gasteiger partial charge on any atom is 0.229 e. The van der Waals surface area contributed by atoms with Gasteiger partial charge < -0.3 is 5.32 Å². The lowest BCUT2D eigenvalue weighted by molar-refractivity contribution is -0.117. The number of carbonyl (C=O) groups is 1. The molecular weight excluding hydrogens is 294 g/mol. The van der Waals surface area contributed by atoms with Crippen molar-refractivity contribution < 1.29 is 4.79 Å². The quantitative estimate of drug-likeness (QED) is 0.780. The molecule has 1 aliphatic rings. The standard InChI is InChI=1S/C15H15N7O/c1-21-7-10(5-18-21)12-4-13(12)15(23)20-14-3-2-11(6-17-14)22-9-16-8-19-22/h2-3,5-9,12-13H,4H2,1H3,(H,17,20,23)/t12-,13+/m0/s1. The van der Waals surface area contributed by atoms with Crippen molar-refractivity contribution in [3.63, 3.8) is 0 Å². The van der Waals surface area contributed by atoms with Crippen molar-refractivity contribution in [2.75, 3.05) is 5.32 Å². The highest BCUT2D eigenvalue weighted by molar-refractivity contribution is 5.94. The van der Waals surface area contributed by atoms with Gasteiger partial charge in [0, 0.05) is 19.2 Å². The van der Waals surface area contributed by atoms with E-state index in [0.29, 0.717) is 5.82 Å². The molecule has 1 N–H and O–H groups in total. The molecule has 1 saturated carbocycles. The number of carbonyl (C=O) groups excluding carboxylic acids is 1. The fourth-order valence-corrected chi connectivity index (χ4v) is 2.64. The van der Waals surface area contributed by atoms with Crippen molar-refractivity contribution in [1.29, 1.82) is 0 Å². The molecule has 2 atom stereocenters. The molecule has 3 aromatic heterocycles. The summed E-state index contributed by atoms with van der Waals surface area (Å²) in [5.74, 6) is 0.796. The van der Waals surface area contributed by atoms with Crippen LogP contribution >= 0.6 is 0 Å². The van der Waals surface area contributed by atoms with E-state index < -0.39 is 0 Å². The SMILES string of the molecule is Cn1cc([C@@H]2C[C@H]2C(=O)Nc2ccc(-n3cncn3)cn2)cn1. The summed E-state index contributed by atoms with van der Waals surface area (Å²) in [6.45, 7) is 0. The summed E-state index contributed by atoms with van der Waals surface area (Å²) in [5, 5.41) is 11.0. The summed E-state index contributed by atoms with van der Waals surface area (Å²) in [5.41, 5.74) is 1.90. The van der Waals surface area contributed by atoms with Gasteiger partial charge in [-0.05, 0) is 30.0 Å². The fourth-order valence-electron chi connectivity index (χ4n) is 2.64. The number of rotatable bonds is 4. The lowest BCUT2D eigenvalue weighted by Crippen LogP contribution is -2.15. The van der Waals surface area contributed by atoms with Gasteiger partial charge in [-0.2, -0.15) is 10.2 Å². The average molecular weight is 309 g/mol. The molecule has 1 aliphatic carbocycles. The van der Waals surface area contributed by atoms with Crippen LogP contribution in [0.2, 0.25) is 0 Å². The number of aromatic nitrogens is 6. The van der Waals surface area contributed by atoms with Crippen LogP contribution in [0.15, 0.2) is 43.4 Å². The summed E-state index contributed by atoms with van der Waals surface area (Å²) in [6.07, 6.45) is 9.34. The van der Waals surface area contributed by atoms with Crippen LogP contribution in [0.25, 0.3) is 5.69 Å². The predicted octanol–water partition coefficient (Wildman–Crippen LogP) is 1.14. The van der Waals surface area contributed by atoms with Crippen LogP contribution in [0.4, 0.5) is 5.82 Å². The molecule has 8 nitrogen and oxygen atoms in total. The summed E-state index contributed by atoms with van der Waals surface area (Å²) in [4.78, 5) is 20.4. The highest BCUT2D eigenvalue weighted by Gasteiger charge is 2.44. The minimum atomic E-state index is -0.00371. The molecule has 0 bridgehead atoms. The molecule has 8 heteroatoms. The zero-order chi connectivity index (χ0) is 15.8. The summed E-state index contributed by atoms with van der Waals surface area (Å²) < 4.78 is 3.37. The summed E-state index contributed by atoms with van der Waals surface area (Å²) >= 11 is 0. The van der Waals surface area contributed by atoms with Crippen molar-refractivity contribution >= 4 is 11.7 Å². The number of anilines is 1. The molecule has 1 fully saturated rings. The summed E-state index contributed by atoms with van der Waals surface area (Å²) in [7, 11) is 1.88. The fraction of sp³-hybridized carbons (Fsp3) is 0.267. The van der Waals surface area contributed by atoms with Crippen molar-refractivity contribution in [3.05, 3.63) is 48.9 Å². The Bertz CT molecular complexity index is 822. The predicted molar refractivity (Wildman–Crippen MR) is 81.8 cm³/mol. The normalized spacial score (nSPS) is 19.5. The number of hydrogen-bond acceptors (Lipinski definition) is 5. The molecule has 116 valence electrons. The number of nitrogens with zero attached hydrogens (tertiary/aromatic N) is 6. The van der Waals surface area contributed by atoms with Crippen LogP contribution in [0, 0.1) is 5.92 Å². The third-order valence-electron chi connectivity index (χ3n) is 3.96. The van der Waals surface area contributed by atoms with Gasteiger partial charge in [-0.15, -0.1) is 0 Å². The third-order valence-corrected chi connectivity index (χ3v) is 3.96. The van der Waals surface area contributed by atoms with E-state index in [1.165, 1.54) is 6.33 Å². The number of pyridine rings is 1. The Hall–Kier alpha value is -3.03. The van der Waals surface area contributed by atoms with Gasteiger partial charge in [0.15, 0.2) is 0 Å². The van der Waals surface area contributed by atoms with Crippen molar-refractivity contribution in [2.24, 2.45) is 13.0 Å². The molecule has 0 saturated heterocycles. The second-order valence-electron chi connectivity index (χ2n) is 5.63. The average Bonchev–Trinajstić information content (AvgIpc) is 2.95. The first kappa shape index (κ1) is 13.6. The molecule has 0 unspecified atom stereocenters. The molecule has 0 aromatic carbocycles. The van der Waals surface area contributed by atoms with Crippen molar-refractivity contribution in [3.8, 4) is 5.69 Å². The lowest BCUT2D eigenvalue weighted by Gasteiger charge is -2.05. The van der Waals surface area contributed by atoms with E-state index in [2.05, 4.69) is 25.5 Å². The Morgan fingerprint density at radius 1 is 1.30 bits per heavy atom. The van der Waals surface area contributed by atoms with Gasteiger partial charge in [0.25, 0.3) is 0 Å². The van der Waals surface area contributed by atoms with Gasteiger partial charge in [-0.25, -0.2) is 14.6 Å². The van der Waals surface area contributed by atoms with E-state index in [-0.39, 0.29) is 17.7 Å². The molecule has 3 aromatic rings. The Kier molecular flexibility index (Phi) is 3.14. The van der Waals surface area contributed by atoms with Crippen LogP contribution in [-0.2, 0) is 11.8 Å². The van der Waals surface area contributed by atoms with Crippen molar-refractivity contribution in [1.82, 2.24) is 29.5 Å². The van der Waals surface area contributed by atoms with Gasteiger partial charge in [0.05, 0.1) is 18.1 Å². The van der Waals surface area contributed by atoms with Crippen LogP contribution in [-0.4, -0.2) is 35.4 Å². The number of amides is 1. The second-order valence-corrected chi connectivity index (χ2v) is 5.63. The van der Waals surface area contributed by atoms with E-state index in [4.69, 9.17) is 0 Å². The monoisotopic (exact) mass is 309 g/mol. The van der Waals surface area contributed by atoms with Crippen LogP contribution < -0.4 is 5.32 Å². The first-order valence-electron chi connectivity index (χ1n) is 7.31. The summed E-state index contributed by atoms with van der Waals surface area (Å²) in [6, 6.07) is 3.60. The highest BCUT2D eigenvalue weighted by Crippen LogP contribution is 2.47. The Morgan fingerprint density at radius 3 is 2.87 bits per heavy atom. The molecule has 23 heavy (non-hydrogen) atoms. The van der Waals surface area contributed by atoms with Crippen LogP contribution in [0.5, 0.6) is 0 Å². The van der Waals surface area contributed by atoms with Gasteiger partial charge in [-0.3, -0.25) is 9.48 Å². The Morgan fingerprint density at radius 2 is 2.22 bits per heavy atom. The van der Waals surface area contributed by atoms with Gasteiger partial charge in [-0.1, -0.05) is 0 Å². The molecule has 4 rings (SSSR count). The zero-order valence-electron chi connectivity index (χ0n) is 12.5. The number of nitrogens with one attached hydrogen (secondary N) is 1. The van der Waals surface area contributed by atoms with E-state index in [0.717, 1.165) is 17.7 Å². The van der Waals surface area contributed by atoms with E-state index in [1.54, 1.807) is 28.0 Å². The van der Waals surface area contributed by atoms with E-state index >= 15 is 0 Å². The molecule has 0 radical (unpaired) electrons. The third kappa shape index (κ3) is 2.70. The van der Waals surface area contributed by atoms with E-state index in [1.807, 2.05) is 25.5 Å². The smallest absolute Gasteiger partial charge is 0.229 e. The lowest BCUT2D eigenvalue weighted by atomic mass is 10.2. The molecule has 0 aliphatic heterocycles. The number of hydrogen-bond donors (Lipinski definition) is 1. The largest absolute Gasteiger partial charge is 0.310 e. The minimum absolute atomic E-state index is 0.000131. The number of aryl methyl sites for hydroxylation is 1. The molecule has 1 amide bonds. The second kappa shape index (κ2) is 5.31. The maximum atomic E-state index is 12.3. The van der Waals surface area contributed by atoms with Crippen LogP contribution in [0.3, 0.4) is 0 Å². The maximum absolute atomic E-state index is 12.3. The van der Waals surface area contributed by atoms with Gasteiger partial charge in [0.1, 0.15) is 18.5 Å². The zero-order valence-corrected chi connectivity index (χ0v) is 12.5. The topological polar surface area (TPSA) is 90.5 Å². The van der Waals surface area contributed by atoms with Crippen molar-refractivity contribution in [2.45, 2.75) is 12.3 Å². The first-order valence-corrected chi connectivity index (χ1v) is 7.31. The van der Waals surface area contributed by atoms with E-state index in [9.17, 15) is 4.79 Å². The first-order chi connectivity index (χ1) is 11.2. The Labute approximate surface area is 132 Å². The molecule has 0 spiro atoms. The van der Waals surface area contributed by atoms with Gasteiger partial charge >= 0.3 is 0 Å². The highest BCUT2D eigenvalue weighted by atomic mass is 16.2. The molecular formula is C15H15N7O. The van der Waals surface area contributed by atoms with Crippen LogP contribution in [0.1, 0.15) is 17.9 Å². The Balaban J connectivity index is 1.40. The van der Waals surface area contributed by atoms with Gasteiger partial charge in [0.2, 0.25) is 5.91 Å². The minimum Gasteiger partial charge on any atom is -0.310 e.